The maximum atomic E-state index is 13.1. The minimum atomic E-state index is -0.559. The van der Waals surface area contributed by atoms with Crippen molar-refractivity contribution in [2.24, 2.45) is 5.92 Å². The number of hydrogen-bond acceptors (Lipinski definition) is 4. The summed E-state index contributed by atoms with van der Waals surface area (Å²) in [7, 11) is 0. The van der Waals surface area contributed by atoms with E-state index in [1.54, 1.807) is 12.1 Å². The number of benzene rings is 1. The van der Waals surface area contributed by atoms with Gasteiger partial charge >= 0.3 is 5.97 Å². The van der Waals surface area contributed by atoms with Crippen molar-refractivity contribution in [3.63, 3.8) is 0 Å². The van der Waals surface area contributed by atoms with Crippen LogP contribution in [0.3, 0.4) is 0 Å². The Bertz CT molecular complexity index is 723. The van der Waals surface area contributed by atoms with Crippen LogP contribution in [0.1, 0.15) is 29.4 Å². The van der Waals surface area contributed by atoms with Crippen molar-refractivity contribution in [3.05, 3.63) is 35.0 Å². The summed E-state index contributed by atoms with van der Waals surface area (Å²) in [5.41, 5.74) is 0. The van der Waals surface area contributed by atoms with Crippen molar-refractivity contribution in [2.75, 3.05) is 6.61 Å². The van der Waals surface area contributed by atoms with Crippen LogP contribution in [0.4, 0.5) is 4.39 Å². The Morgan fingerprint density at radius 2 is 2.18 bits per heavy atom. The Hall–Kier alpha value is -1.95. The maximum Gasteiger partial charge on any atom is 0.348 e. The Balaban J connectivity index is 1.57. The highest BCUT2D eigenvalue weighted by molar-refractivity contribution is 7.20. The average molecular weight is 321 g/mol. The molecule has 1 amide bonds. The number of fused-ring (bicyclic) bond motifs is 1. The fraction of sp³-hybridized carbons (Fsp3) is 0.375. The number of carbonyl (C=O) groups excluding carboxylic acids is 2. The molecule has 2 aromatic rings. The van der Waals surface area contributed by atoms with Gasteiger partial charge in [0.25, 0.3) is 5.91 Å². The van der Waals surface area contributed by atoms with Crippen LogP contribution in [0.15, 0.2) is 24.3 Å². The normalized spacial score (nSPS) is 15.5. The topological polar surface area (TPSA) is 55.4 Å². The molecule has 1 heterocycles. The van der Waals surface area contributed by atoms with Crippen molar-refractivity contribution in [1.82, 2.24) is 5.32 Å². The first-order valence-electron chi connectivity index (χ1n) is 7.18. The van der Waals surface area contributed by atoms with E-state index in [0.717, 1.165) is 17.5 Å². The number of esters is 1. The summed E-state index contributed by atoms with van der Waals surface area (Å²) >= 11 is 1.22. The molecule has 0 aliphatic heterocycles. The van der Waals surface area contributed by atoms with E-state index >= 15 is 0 Å². The number of carbonyl (C=O) groups is 2. The van der Waals surface area contributed by atoms with Gasteiger partial charge in [0.05, 0.1) is 0 Å². The van der Waals surface area contributed by atoms with Gasteiger partial charge < -0.3 is 10.1 Å². The van der Waals surface area contributed by atoms with Gasteiger partial charge in [0.15, 0.2) is 6.61 Å². The average Bonchev–Trinajstić information content (AvgIpc) is 3.24. The number of halogens is 1. The molecule has 0 spiro atoms. The molecule has 22 heavy (non-hydrogen) atoms. The van der Waals surface area contributed by atoms with E-state index in [1.165, 1.54) is 23.5 Å². The van der Waals surface area contributed by atoms with Crippen molar-refractivity contribution >= 4 is 33.3 Å². The second kappa shape index (κ2) is 6.04. The third-order valence-corrected chi connectivity index (χ3v) is 4.83. The molecule has 1 aliphatic rings. The molecule has 0 unspecified atom stereocenters. The van der Waals surface area contributed by atoms with Crippen LogP contribution in [0.5, 0.6) is 0 Å². The lowest BCUT2D eigenvalue weighted by Crippen LogP contribution is -2.37. The molecule has 1 aliphatic carbocycles. The number of nitrogens with one attached hydrogen (secondary N) is 1. The van der Waals surface area contributed by atoms with Gasteiger partial charge in [-0.1, -0.05) is 0 Å². The first-order valence-corrected chi connectivity index (χ1v) is 8.00. The molecule has 116 valence electrons. The monoisotopic (exact) mass is 321 g/mol. The molecule has 1 saturated carbocycles. The van der Waals surface area contributed by atoms with Crippen molar-refractivity contribution in [1.29, 1.82) is 0 Å². The second-order valence-electron chi connectivity index (χ2n) is 5.56. The fourth-order valence-corrected chi connectivity index (χ4v) is 3.26. The third kappa shape index (κ3) is 3.44. The number of thiophene rings is 1. The zero-order chi connectivity index (χ0) is 15.7. The fourth-order valence-electron chi connectivity index (χ4n) is 2.33. The van der Waals surface area contributed by atoms with Crippen LogP contribution in [0, 0.1) is 11.7 Å². The molecule has 0 bridgehead atoms. The van der Waals surface area contributed by atoms with Crippen LogP contribution in [0.2, 0.25) is 0 Å². The Morgan fingerprint density at radius 3 is 2.91 bits per heavy atom. The lowest BCUT2D eigenvalue weighted by Gasteiger charge is -2.12. The van der Waals surface area contributed by atoms with E-state index in [1.807, 2.05) is 6.92 Å². The first kappa shape index (κ1) is 15.0. The van der Waals surface area contributed by atoms with E-state index in [0.29, 0.717) is 16.2 Å². The highest BCUT2D eigenvalue weighted by Crippen LogP contribution is 2.32. The van der Waals surface area contributed by atoms with Gasteiger partial charge in [-0.05, 0) is 55.3 Å². The van der Waals surface area contributed by atoms with Crippen molar-refractivity contribution in [2.45, 2.75) is 25.8 Å². The van der Waals surface area contributed by atoms with Crippen LogP contribution in [-0.2, 0) is 9.53 Å². The minimum Gasteiger partial charge on any atom is -0.451 e. The van der Waals surface area contributed by atoms with Gasteiger partial charge in [-0.3, -0.25) is 4.79 Å². The molecule has 4 nitrogen and oxygen atoms in total. The quantitative estimate of drug-likeness (QED) is 0.861. The summed E-state index contributed by atoms with van der Waals surface area (Å²) in [5.74, 6) is -0.647. The van der Waals surface area contributed by atoms with E-state index in [-0.39, 0.29) is 24.4 Å². The van der Waals surface area contributed by atoms with Crippen molar-refractivity contribution < 1.29 is 18.7 Å². The van der Waals surface area contributed by atoms with E-state index in [2.05, 4.69) is 5.32 Å². The Kier molecular flexibility index (Phi) is 4.11. The largest absolute Gasteiger partial charge is 0.451 e. The van der Waals surface area contributed by atoms with Gasteiger partial charge in [-0.25, -0.2) is 9.18 Å². The lowest BCUT2D eigenvalue weighted by molar-refractivity contribution is -0.124. The summed E-state index contributed by atoms with van der Waals surface area (Å²) in [6.45, 7) is 1.66. The summed E-state index contributed by atoms with van der Waals surface area (Å²) in [6.07, 6.45) is 2.28. The van der Waals surface area contributed by atoms with Crippen LogP contribution >= 0.6 is 11.3 Å². The molecule has 3 rings (SSSR count). The predicted octanol–water partition coefficient (Wildman–Crippen LogP) is 3.11. The van der Waals surface area contributed by atoms with Gasteiger partial charge in [-0.15, -0.1) is 11.3 Å². The molecule has 6 heteroatoms. The highest BCUT2D eigenvalue weighted by Gasteiger charge is 2.29. The van der Waals surface area contributed by atoms with E-state index in [4.69, 9.17) is 4.74 Å². The van der Waals surface area contributed by atoms with E-state index in [9.17, 15) is 14.0 Å². The summed E-state index contributed by atoms with van der Waals surface area (Å²) < 4.78 is 19.0. The molecular weight excluding hydrogens is 305 g/mol. The predicted molar refractivity (Wildman–Crippen MR) is 82.4 cm³/mol. The summed E-state index contributed by atoms with van der Waals surface area (Å²) in [4.78, 5) is 24.0. The SMILES string of the molecule is C[C@@H](NC(=O)COC(=O)c1cc2cc(F)ccc2s1)C1CC1. The summed E-state index contributed by atoms with van der Waals surface area (Å²) in [6, 6.07) is 6.04. The smallest absolute Gasteiger partial charge is 0.348 e. The minimum absolute atomic E-state index is 0.124. The summed E-state index contributed by atoms with van der Waals surface area (Å²) in [5, 5.41) is 3.48. The zero-order valence-electron chi connectivity index (χ0n) is 12.1. The molecule has 1 aromatic carbocycles. The standard InChI is InChI=1S/C16H16FNO3S/c1-9(10-2-3-10)18-15(19)8-21-16(20)14-7-11-6-12(17)4-5-13(11)22-14/h4-7,9-10H,2-3,8H2,1H3,(H,18,19)/t9-/m1/s1. The number of rotatable bonds is 5. The Morgan fingerprint density at radius 1 is 1.41 bits per heavy atom. The Labute approximate surface area is 131 Å². The first-order chi connectivity index (χ1) is 10.5. The van der Waals surface area contributed by atoms with Gasteiger partial charge in [0.1, 0.15) is 10.7 Å². The molecule has 1 N–H and O–H groups in total. The molecule has 0 radical (unpaired) electrons. The molecule has 0 saturated heterocycles. The van der Waals surface area contributed by atoms with Gasteiger partial charge in [0, 0.05) is 10.7 Å². The molecule has 1 aromatic heterocycles. The third-order valence-electron chi connectivity index (χ3n) is 3.73. The van der Waals surface area contributed by atoms with E-state index < -0.39 is 5.97 Å². The number of hydrogen-bond donors (Lipinski definition) is 1. The van der Waals surface area contributed by atoms with Gasteiger partial charge in [-0.2, -0.15) is 0 Å². The van der Waals surface area contributed by atoms with Crippen LogP contribution in [-0.4, -0.2) is 24.5 Å². The second-order valence-corrected chi connectivity index (χ2v) is 6.65. The number of amides is 1. The number of ether oxygens (including phenoxy) is 1. The molecular formula is C16H16FNO3S. The lowest BCUT2D eigenvalue weighted by atomic mass is 10.2. The molecule has 1 atom stereocenters. The van der Waals surface area contributed by atoms with Crippen LogP contribution in [0.25, 0.3) is 10.1 Å². The van der Waals surface area contributed by atoms with Gasteiger partial charge in [0.2, 0.25) is 0 Å². The highest BCUT2D eigenvalue weighted by atomic mass is 32.1. The molecule has 1 fully saturated rings. The van der Waals surface area contributed by atoms with Crippen molar-refractivity contribution in [3.8, 4) is 0 Å². The maximum absolute atomic E-state index is 13.1. The van der Waals surface area contributed by atoms with Crippen LogP contribution < -0.4 is 5.32 Å². The zero-order valence-corrected chi connectivity index (χ0v) is 12.9.